The summed E-state index contributed by atoms with van der Waals surface area (Å²) < 4.78 is 5.35. The summed E-state index contributed by atoms with van der Waals surface area (Å²) in [5.41, 5.74) is 4.91. The van der Waals surface area contributed by atoms with Gasteiger partial charge >= 0.3 is 0 Å². The number of rotatable bonds is 2. The van der Waals surface area contributed by atoms with Crippen molar-refractivity contribution in [3.8, 4) is 22.3 Å². The van der Waals surface area contributed by atoms with E-state index in [0.717, 1.165) is 10.8 Å². The van der Waals surface area contributed by atoms with Crippen LogP contribution in [0.25, 0.3) is 33.0 Å². The fourth-order valence-electron chi connectivity index (χ4n) is 2.73. The van der Waals surface area contributed by atoms with E-state index in [0.29, 0.717) is 0 Å². The summed E-state index contributed by atoms with van der Waals surface area (Å²) >= 11 is 0. The Morgan fingerprint density at radius 2 is 0.952 bits per heavy atom. The first-order chi connectivity index (χ1) is 10.4. The largest absolute Gasteiger partial charge is 0.471 e. The molecule has 21 heavy (non-hydrogen) atoms. The first-order valence-electron chi connectivity index (χ1n) is 7.02. The van der Waals surface area contributed by atoms with Crippen LogP contribution in [0.15, 0.2) is 89.7 Å². The zero-order valence-electron chi connectivity index (χ0n) is 11.5. The monoisotopic (exact) mass is 270 g/mol. The summed E-state index contributed by atoms with van der Waals surface area (Å²) in [5, 5.41) is 2.27. The van der Waals surface area contributed by atoms with Gasteiger partial charge in [0.1, 0.15) is 0 Å². The fourth-order valence-corrected chi connectivity index (χ4v) is 2.73. The number of benzene rings is 3. The van der Waals surface area contributed by atoms with Crippen LogP contribution in [0.3, 0.4) is 0 Å². The first-order valence-corrected chi connectivity index (χ1v) is 7.02. The third-order valence-electron chi connectivity index (χ3n) is 3.78. The van der Waals surface area contributed by atoms with Gasteiger partial charge in [-0.2, -0.15) is 0 Å². The molecule has 0 N–H and O–H groups in total. The van der Waals surface area contributed by atoms with Gasteiger partial charge in [0, 0.05) is 10.8 Å². The average Bonchev–Trinajstić information content (AvgIpc) is 3.03. The molecular weight excluding hydrogens is 256 g/mol. The molecule has 0 spiro atoms. The second-order valence-corrected chi connectivity index (χ2v) is 5.13. The molecule has 3 aromatic carbocycles. The Morgan fingerprint density at radius 3 is 1.38 bits per heavy atom. The van der Waals surface area contributed by atoms with Crippen molar-refractivity contribution >= 4 is 10.8 Å². The summed E-state index contributed by atoms with van der Waals surface area (Å²) in [6.45, 7) is 0. The van der Waals surface area contributed by atoms with E-state index in [-0.39, 0.29) is 0 Å². The van der Waals surface area contributed by atoms with Crippen LogP contribution in [-0.2, 0) is 0 Å². The molecule has 0 fully saturated rings. The van der Waals surface area contributed by atoms with Gasteiger partial charge in [-0.3, -0.25) is 0 Å². The molecule has 0 bridgehead atoms. The zero-order chi connectivity index (χ0) is 14.1. The third-order valence-corrected chi connectivity index (χ3v) is 3.78. The van der Waals surface area contributed by atoms with Crippen molar-refractivity contribution in [3.05, 3.63) is 85.3 Å². The van der Waals surface area contributed by atoms with Crippen molar-refractivity contribution in [1.29, 1.82) is 0 Å². The highest BCUT2D eigenvalue weighted by atomic mass is 16.3. The maximum absolute atomic E-state index is 5.35. The maximum atomic E-state index is 5.35. The average molecular weight is 270 g/mol. The second kappa shape index (κ2) is 4.95. The minimum atomic E-state index is 1.13. The van der Waals surface area contributed by atoms with E-state index in [1.807, 2.05) is 12.1 Å². The second-order valence-electron chi connectivity index (χ2n) is 5.13. The van der Waals surface area contributed by atoms with Crippen LogP contribution in [0.2, 0.25) is 0 Å². The summed E-state index contributed by atoms with van der Waals surface area (Å²) in [6, 6.07) is 25.4. The lowest BCUT2D eigenvalue weighted by Gasteiger charge is -2.11. The number of hydrogen-bond acceptors (Lipinski definition) is 1. The smallest absolute Gasteiger partial charge is 0.0981 e. The highest BCUT2D eigenvalue weighted by molar-refractivity contribution is 5.95. The van der Waals surface area contributed by atoms with Gasteiger partial charge in [0.15, 0.2) is 0 Å². The first kappa shape index (κ1) is 12.0. The number of hydrogen-bond donors (Lipinski definition) is 0. The lowest BCUT2D eigenvalue weighted by Crippen LogP contribution is -1.85. The molecule has 0 amide bonds. The molecule has 100 valence electrons. The van der Waals surface area contributed by atoms with E-state index in [1.54, 1.807) is 12.5 Å². The van der Waals surface area contributed by atoms with Gasteiger partial charge in [-0.05, 0) is 34.4 Å². The Hall–Kier alpha value is -2.80. The molecule has 0 aliphatic carbocycles. The number of fused-ring (bicyclic) bond motifs is 1. The molecule has 1 aromatic heterocycles. The maximum Gasteiger partial charge on any atom is 0.0981 e. The normalized spacial score (nSPS) is 10.9. The van der Waals surface area contributed by atoms with Gasteiger partial charge in [0.05, 0.1) is 12.5 Å². The van der Waals surface area contributed by atoms with Crippen LogP contribution in [0.1, 0.15) is 0 Å². The van der Waals surface area contributed by atoms with E-state index in [1.165, 1.54) is 22.3 Å². The minimum absolute atomic E-state index is 1.13. The van der Waals surface area contributed by atoms with E-state index < -0.39 is 0 Å². The molecule has 0 aliphatic rings. The van der Waals surface area contributed by atoms with Crippen LogP contribution in [0.5, 0.6) is 0 Å². The number of furan rings is 1. The van der Waals surface area contributed by atoms with Crippen LogP contribution in [0, 0.1) is 0 Å². The molecule has 0 radical (unpaired) electrons. The molecule has 1 nitrogen and oxygen atoms in total. The predicted octanol–water partition coefficient (Wildman–Crippen LogP) is 5.77. The molecule has 4 rings (SSSR count). The van der Waals surface area contributed by atoms with E-state index >= 15 is 0 Å². The van der Waals surface area contributed by atoms with E-state index in [2.05, 4.69) is 60.7 Å². The van der Waals surface area contributed by atoms with Crippen LogP contribution < -0.4 is 0 Å². The highest BCUT2D eigenvalue weighted by Gasteiger charge is 2.10. The molecule has 4 aromatic rings. The van der Waals surface area contributed by atoms with Gasteiger partial charge in [0.25, 0.3) is 0 Å². The predicted molar refractivity (Wildman–Crippen MR) is 87.1 cm³/mol. The molecular formula is C20H14O. The van der Waals surface area contributed by atoms with Crippen molar-refractivity contribution in [3.63, 3.8) is 0 Å². The van der Waals surface area contributed by atoms with E-state index in [4.69, 9.17) is 4.42 Å². The Kier molecular flexibility index (Phi) is 2.82. The van der Waals surface area contributed by atoms with Crippen molar-refractivity contribution in [2.45, 2.75) is 0 Å². The van der Waals surface area contributed by atoms with Crippen molar-refractivity contribution < 1.29 is 4.42 Å². The van der Waals surface area contributed by atoms with Gasteiger partial charge in [-0.1, -0.05) is 60.7 Å². The van der Waals surface area contributed by atoms with Gasteiger partial charge in [-0.25, -0.2) is 0 Å². The molecule has 0 aliphatic heterocycles. The van der Waals surface area contributed by atoms with Gasteiger partial charge in [0.2, 0.25) is 0 Å². The fraction of sp³-hybridized carbons (Fsp3) is 0. The van der Waals surface area contributed by atoms with Crippen molar-refractivity contribution in [2.24, 2.45) is 0 Å². The van der Waals surface area contributed by atoms with Crippen LogP contribution in [0.4, 0.5) is 0 Å². The third kappa shape index (κ3) is 2.13. The molecule has 0 atom stereocenters. The molecule has 0 unspecified atom stereocenters. The minimum Gasteiger partial charge on any atom is -0.471 e. The van der Waals surface area contributed by atoms with Gasteiger partial charge in [-0.15, -0.1) is 0 Å². The quantitative estimate of drug-likeness (QED) is 0.451. The topological polar surface area (TPSA) is 13.1 Å². The summed E-state index contributed by atoms with van der Waals surface area (Å²) in [4.78, 5) is 0. The molecule has 0 saturated heterocycles. The standard InChI is InChI=1S/C20H14O/c1-3-7-15(8-4-1)19-11-17-13-21-14-18(17)12-20(19)16-9-5-2-6-10-16/h1-14H. The van der Waals surface area contributed by atoms with Gasteiger partial charge < -0.3 is 4.42 Å². The van der Waals surface area contributed by atoms with E-state index in [9.17, 15) is 0 Å². The van der Waals surface area contributed by atoms with Crippen LogP contribution >= 0.6 is 0 Å². The van der Waals surface area contributed by atoms with Crippen molar-refractivity contribution in [1.82, 2.24) is 0 Å². The molecule has 1 heteroatoms. The Morgan fingerprint density at radius 1 is 0.524 bits per heavy atom. The Balaban J connectivity index is 2.03. The molecule has 0 saturated carbocycles. The lowest BCUT2D eigenvalue weighted by molar-refractivity contribution is 0.572. The molecule has 1 heterocycles. The van der Waals surface area contributed by atoms with Crippen LogP contribution in [-0.4, -0.2) is 0 Å². The SMILES string of the molecule is c1ccc(-c2cc3cocc3cc2-c2ccccc2)cc1. The lowest BCUT2D eigenvalue weighted by atomic mass is 9.93. The summed E-state index contributed by atoms with van der Waals surface area (Å²) in [6.07, 6.45) is 3.60. The Bertz CT molecular complexity index is 800. The highest BCUT2D eigenvalue weighted by Crippen LogP contribution is 2.35. The summed E-state index contributed by atoms with van der Waals surface area (Å²) in [5.74, 6) is 0. The zero-order valence-corrected chi connectivity index (χ0v) is 11.5. The Labute approximate surface area is 123 Å². The van der Waals surface area contributed by atoms with Crippen molar-refractivity contribution in [2.75, 3.05) is 0 Å². The summed E-state index contributed by atoms with van der Waals surface area (Å²) in [7, 11) is 0.